The Morgan fingerprint density at radius 2 is 1.84 bits per heavy atom. The average Bonchev–Trinajstić information content (AvgIpc) is 2.54. The molecule has 132 valence electrons. The van der Waals surface area contributed by atoms with E-state index in [0.717, 1.165) is 12.1 Å². The number of benzene rings is 2. The molecule has 0 saturated heterocycles. The summed E-state index contributed by atoms with van der Waals surface area (Å²) in [5.41, 5.74) is 0.394. The van der Waals surface area contributed by atoms with E-state index in [1.54, 1.807) is 6.92 Å². The van der Waals surface area contributed by atoms with Crippen LogP contribution in [0, 0.1) is 10.1 Å². The van der Waals surface area contributed by atoms with Gasteiger partial charge in [0, 0.05) is 29.1 Å². The first-order valence-corrected chi connectivity index (χ1v) is 7.03. The number of non-ortho nitro benzene ring substituents is 1. The molecule has 2 aromatic carbocycles. The molecule has 6 nitrogen and oxygen atoms in total. The number of oxime groups is 1. The summed E-state index contributed by atoms with van der Waals surface area (Å²) in [6.07, 6.45) is -4.50. The molecule has 0 spiro atoms. The molecule has 0 aliphatic heterocycles. The lowest BCUT2D eigenvalue weighted by molar-refractivity contribution is -0.384. The third-order valence-electron chi connectivity index (χ3n) is 3.32. The number of rotatable bonds is 5. The maximum Gasteiger partial charge on any atom is 0.416 e. The van der Waals surface area contributed by atoms with Crippen molar-refractivity contribution < 1.29 is 22.9 Å². The molecule has 0 atom stereocenters. The van der Waals surface area contributed by atoms with E-state index in [1.165, 1.54) is 37.4 Å². The lowest BCUT2D eigenvalue weighted by atomic mass is 10.0. The molecule has 9 heteroatoms. The van der Waals surface area contributed by atoms with E-state index < -0.39 is 16.7 Å². The van der Waals surface area contributed by atoms with Gasteiger partial charge in [0.25, 0.3) is 5.69 Å². The van der Waals surface area contributed by atoms with Crippen LogP contribution in [0.5, 0.6) is 0 Å². The third kappa shape index (κ3) is 4.46. The van der Waals surface area contributed by atoms with Crippen LogP contribution in [-0.2, 0) is 11.0 Å². The zero-order valence-corrected chi connectivity index (χ0v) is 13.3. The number of anilines is 2. The van der Waals surface area contributed by atoms with Gasteiger partial charge in [-0.3, -0.25) is 10.1 Å². The van der Waals surface area contributed by atoms with Gasteiger partial charge in [-0.05, 0) is 31.2 Å². The number of hydrogen-bond acceptors (Lipinski definition) is 5. The number of hydrogen-bond donors (Lipinski definition) is 1. The van der Waals surface area contributed by atoms with Crippen LogP contribution in [0.3, 0.4) is 0 Å². The van der Waals surface area contributed by atoms with Crippen molar-refractivity contribution in [1.29, 1.82) is 0 Å². The third-order valence-corrected chi connectivity index (χ3v) is 3.32. The molecule has 0 saturated carbocycles. The van der Waals surface area contributed by atoms with E-state index in [-0.39, 0.29) is 11.4 Å². The topological polar surface area (TPSA) is 76.8 Å². The number of halogens is 3. The standard InChI is InChI=1S/C16H14F3N3O3/c1-10(21-25-2)14-8-3-11(16(17,18)19)9-15(14)20-12-4-6-13(7-5-12)22(23)24/h3-9,20H,1-2H3/b21-10-. The summed E-state index contributed by atoms with van der Waals surface area (Å²) in [5.74, 6) is 0. The van der Waals surface area contributed by atoms with Gasteiger partial charge < -0.3 is 10.2 Å². The molecule has 2 aromatic rings. The van der Waals surface area contributed by atoms with Crippen LogP contribution < -0.4 is 5.32 Å². The molecule has 0 fully saturated rings. The van der Waals surface area contributed by atoms with Crippen molar-refractivity contribution in [3.8, 4) is 0 Å². The highest BCUT2D eigenvalue weighted by Crippen LogP contribution is 2.33. The van der Waals surface area contributed by atoms with Crippen molar-refractivity contribution >= 4 is 22.8 Å². The van der Waals surface area contributed by atoms with Gasteiger partial charge in [-0.2, -0.15) is 13.2 Å². The molecule has 1 N–H and O–H groups in total. The Labute approximate surface area is 141 Å². The van der Waals surface area contributed by atoms with Crippen molar-refractivity contribution in [1.82, 2.24) is 0 Å². The van der Waals surface area contributed by atoms with E-state index in [1.807, 2.05) is 0 Å². The van der Waals surface area contributed by atoms with Crippen LogP contribution >= 0.6 is 0 Å². The Bertz CT molecular complexity index is 803. The zero-order chi connectivity index (χ0) is 18.6. The first-order valence-electron chi connectivity index (χ1n) is 7.03. The zero-order valence-electron chi connectivity index (χ0n) is 13.3. The highest BCUT2D eigenvalue weighted by Gasteiger charge is 2.31. The van der Waals surface area contributed by atoms with E-state index >= 15 is 0 Å². The minimum Gasteiger partial charge on any atom is -0.399 e. The molecule has 2 rings (SSSR count). The maximum atomic E-state index is 13.0. The Balaban J connectivity index is 2.45. The predicted octanol–water partition coefficient (Wildman–Crippen LogP) is 4.73. The van der Waals surface area contributed by atoms with Crippen LogP contribution in [0.1, 0.15) is 18.1 Å². The van der Waals surface area contributed by atoms with Crippen molar-refractivity contribution in [2.75, 3.05) is 12.4 Å². The number of nitro groups is 1. The largest absolute Gasteiger partial charge is 0.416 e. The highest BCUT2D eigenvalue weighted by molar-refractivity contribution is 6.03. The molecule has 0 aliphatic rings. The predicted molar refractivity (Wildman–Crippen MR) is 87.0 cm³/mol. The van der Waals surface area contributed by atoms with E-state index in [2.05, 4.69) is 15.3 Å². The molecule has 25 heavy (non-hydrogen) atoms. The van der Waals surface area contributed by atoms with Gasteiger partial charge in [0.1, 0.15) is 7.11 Å². The fraction of sp³-hybridized carbons (Fsp3) is 0.188. The van der Waals surface area contributed by atoms with Crippen LogP contribution in [-0.4, -0.2) is 17.7 Å². The summed E-state index contributed by atoms with van der Waals surface area (Å²) in [4.78, 5) is 14.8. The summed E-state index contributed by atoms with van der Waals surface area (Å²) < 4.78 is 38.9. The number of alkyl halides is 3. The lowest BCUT2D eigenvalue weighted by Gasteiger charge is -2.15. The first kappa shape index (κ1) is 18.2. The van der Waals surface area contributed by atoms with Crippen molar-refractivity contribution in [3.63, 3.8) is 0 Å². The summed E-state index contributed by atoms with van der Waals surface area (Å²) in [7, 11) is 1.33. The fourth-order valence-electron chi connectivity index (χ4n) is 2.15. The minimum absolute atomic E-state index is 0.119. The number of nitro benzene ring substituents is 1. The van der Waals surface area contributed by atoms with Gasteiger partial charge in [-0.15, -0.1) is 0 Å². The molecule has 0 heterocycles. The van der Waals surface area contributed by atoms with E-state index in [0.29, 0.717) is 17.0 Å². The minimum atomic E-state index is -4.50. The normalized spacial score (nSPS) is 12.0. The van der Waals surface area contributed by atoms with Gasteiger partial charge in [-0.25, -0.2) is 0 Å². The van der Waals surface area contributed by atoms with Gasteiger partial charge in [0.05, 0.1) is 16.2 Å². The molecule has 0 unspecified atom stereocenters. The van der Waals surface area contributed by atoms with Gasteiger partial charge in [0.2, 0.25) is 0 Å². The molecular formula is C16H14F3N3O3. The second-order valence-corrected chi connectivity index (χ2v) is 5.05. The fourth-order valence-corrected chi connectivity index (χ4v) is 2.15. The van der Waals surface area contributed by atoms with Gasteiger partial charge >= 0.3 is 6.18 Å². The summed E-state index contributed by atoms with van der Waals surface area (Å²) in [5, 5.41) is 17.2. The molecular weight excluding hydrogens is 339 g/mol. The average molecular weight is 353 g/mol. The molecule has 0 aliphatic carbocycles. The second-order valence-electron chi connectivity index (χ2n) is 5.05. The van der Waals surface area contributed by atoms with Gasteiger partial charge in [0.15, 0.2) is 0 Å². The Kier molecular flexibility index (Phi) is 5.26. The quantitative estimate of drug-likeness (QED) is 0.479. The first-order chi connectivity index (χ1) is 11.7. The Hall–Kier alpha value is -3.10. The van der Waals surface area contributed by atoms with Gasteiger partial charge in [-0.1, -0.05) is 11.2 Å². The molecule has 0 amide bonds. The van der Waals surface area contributed by atoms with Crippen LogP contribution in [0.4, 0.5) is 30.2 Å². The number of nitrogens with one attached hydrogen (secondary N) is 1. The van der Waals surface area contributed by atoms with Crippen LogP contribution in [0.15, 0.2) is 47.6 Å². The monoisotopic (exact) mass is 353 g/mol. The van der Waals surface area contributed by atoms with E-state index in [9.17, 15) is 23.3 Å². The summed E-state index contributed by atoms with van der Waals surface area (Å²) in [6.45, 7) is 1.59. The highest BCUT2D eigenvalue weighted by atomic mass is 19.4. The van der Waals surface area contributed by atoms with Crippen LogP contribution in [0.25, 0.3) is 0 Å². The maximum absolute atomic E-state index is 13.0. The van der Waals surface area contributed by atoms with Crippen molar-refractivity contribution in [3.05, 3.63) is 63.7 Å². The molecule has 0 bridgehead atoms. The SMILES string of the molecule is CO/N=C(/C)c1ccc(C(F)(F)F)cc1Nc1ccc([N+](=O)[O-])cc1. The Morgan fingerprint density at radius 1 is 1.20 bits per heavy atom. The smallest absolute Gasteiger partial charge is 0.399 e. The summed E-state index contributed by atoms with van der Waals surface area (Å²) >= 11 is 0. The Morgan fingerprint density at radius 3 is 2.36 bits per heavy atom. The lowest BCUT2D eigenvalue weighted by Crippen LogP contribution is -2.09. The second kappa shape index (κ2) is 7.20. The molecule has 0 aromatic heterocycles. The van der Waals surface area contributed by atoms with Crippen molar-refractivity contribution in [2.24, 2.45) is 5.16 Å². The summed E-state index contributed by atoms with van der Waals surface area (Å²) in [6, 6.07) is 8.51. The van der Waals surface area contributed by atoms with Crippen molar-refractivity contribution in [2.45, 2.75) is 13.1 Å². The molecule has 0 radical (unpaired) electrons. The van der Waals surface area contributed by atoms with E-state index in [4.69, 9.17) is 0 Å². The van der Waals surface area contributed by atoms with Crippen LogP contribution in [0.2, 0.25) is 0 Å². The number of nitrogens with zero attached hydrogens (tertiary/aromatic N) is 2.